The van der Waals surface area contributed by atoms with Crippen LogP contribution >= 0.6 is 0 Å². The number of hydrogen-bond acceptors (Lipinski definition) is 4. The zero-order valence-electron chi connectivity index (χ0n) is 7.01. The Bertz CT molecular complexity index is 62.7. The van der Waals surface area contributed by atoms with Crippen LogP contribution in [0.1, 0.15) is 13.3 Å². The maximum Gasteiger partial charge on any atom is 0.0701 e. The van der Waals surface area contributed by atoms with Gasteiger partial charge >= 0.3 is 0 Å². The van der Waals surface area contributed by atoms with Crippen molar-refractivity contribution in [1.82, 2.24) is 5.48 Å². The Kier molecular flexibility index (Phi) is 9.70. The summed E-state index contributed by atoms with van der Waals surface area (Å²) in [5.41, 5.74) is 2.00. The van der Waals surface area contributed by atoms with Crippen molar-refractivity contribution in [3.8, 4) is 0 Å². The van der Waals surface area contributed by atoms with Gasteiger partial charge in [-0.05, 0) is 6.42 Å². The third kappa shape index (κ3) is 9.84. The van der Waals surface area contributed by atoms with Crippen molar-refractivity contribution in [2.24, 2.45) is 0 Å². The van der Waals surface area contributed by atoms with Crippen molar-refractivity contribution in [1.29, 1.82) is 0 Å². The molecule has 0 saturated heterocycles. The van der Waals surface area contributed by atoms with Crippen LogP contribution in [0.25, 0.3) is 0 Å². The highest BCUT2D eigenvalue weighted by Gasteiger charge is 1.87. The molecule has 0 amide bonds. The molecule has 0 heterocycles. The summed E-state index contributed by atoms with van der Waals surface area (Å²) >= 11 is 0. The van der Waals surface area contributed by atoms with E-state index in [4.69, 9.17) is 14.7 Å². The molecule has 0 bridgehead atoms. The summed E-state index contributed by atoms with van der Waals surface area (Å²) in [7, 11) is 0. The van der Waals surface area contributed by atoms with Gasteiger partial charge in [0.25, 0.3) is 0 Å². The molecule has 0 aliphatic heterocycles. The molecule has 68 valence electrons. The minimum absolute atomic E-state index is 0.466. The monoisotopic (exact) mass is 163 g/mol. The molecule has 0 atom stereocenters. The fraction of sp³-hybridized carbons (Fsp3) is 1.00. The molecule has 0 aromatic heterocycles. The number of rotatable bonds is 8. The molecule has 0 radical (unpaired) electrons. The van der Waals surface area contributed by atoms with E-state index in [9.17, 15) is 0 Å². The summed E-state index contributed by atoms with van der Waals surface area (Å²) in [5.74, 6) is 0. The lowest BCUT2D eigenvalue weighted by atomic mass is 10.5. The van der Waals surface area contributed by atoms with E-state index < -0.39 is 0 Å². The summed E-state index contributed by atoms with van der Waals surface area (Å²) in [5, 5.41) is 8.15. The van der Waals surface area contributed by atoms with Crippen molar-refractivity contribution in [2.75, 3.05) is 33.0 Å². The molecule has 2 N–H and O–H groups in total. The van der Waals surface area contributed by atoms with Crippen LogP contribution in [0.2, 0.25) is 0 Å². The lowest BCUT2D eigenvalue weighted by Gasteiger charge is -2.03. The van der Waals surface area contributed by atoms with Crippen LogP contribution in [0.4, 0.5) is 0 Å². The normalized spacial score (nSPS) is 10.4. The molecular formula is C7H17NO3. The average molecular weight is 163 g/mol. The minimum atomic E-state index is 0.466. The van der Waals surface area contributed by atoms with Gasteiger partial charge in [-0.3, -0.25) is 0 Å². The van der Waals surface area contributed by atoms with Crippen molar-refractivity contribution >= 4 is 0 Å². The van der Waals surface area contributed by atoms with E-state index in [-0.39, 0.29) is 0 Å². The Hall–Kier alpha value is -0.160. The van der Waals surface area contributed by atoms with Gasteiger partial charge in [-0.1, -0.05) is 6.92 Å². The third-order valence-electron chi connectivity index (χ3n) is 1.08. The molecule has 4 heteroatoms. The van der Waals surface area contributed by atoms with E-state index >= 15 is 0 Å². The molecule has 0 aromatic carbocycles. The molecule has 0 unspecified atom stereocenters. The predicted octanol–water partition coefficient (Wildman–Crippen LogP) is 0.408. The molecule has 0 saturated carbocycles. The lowest BCUT2D eigenvalue weighted by Crippen LogP contribution is -2.16. The quantitative estimate of drug-likeness (QED) is 0.402. The summed E-state index contributed by atoms with van der Waals surface area (Å²) in [6, 6.07) is 0. The van der Waals surface area contributed by atoms with E-state index in [0.29, 0.717) is 26.4 Å². The van der Waals surface area contributed by atoms with E-state index in [1.54, 1.807) is 0 Å². The van der Waals surface area contributed by atoms with Crippen LogP contribution < -0.4 is 5.48 Å². The van der Waals surface area contributed by atoms with Crippen molar-refractivity contribution in [3.63, 3.8) is 0 Å². The Labute approximate surface area is 67.5 Å². The Morgan fingerprint density at radius 1 is 1.09 bits per heavy atom. The molecule has 0 fully saturated rings. The first-order valence-corrected chi connectivity index (χ1v) is 3.94. The first kappa shape index (κ1) is 10.8. The average Bonchev–Trinajstić information content (AvgIpc) is 2.03. The summed E-state index contributed by atoms with van der Waals surface area (Å²) < 4.78 is 10.2. The van der Waals surface area contributed by atoms with Crippen LogP contribution in [-0.4, -0.2) is 38.2 Å². The molecule has 0 aromatic rings. The third-order valence-corrected chi connectivity index (χ3v) is 1.08. The van der Waals surface area contributed by atoms with Gasteiger partial charge in [0, 0.05) is 13.2 Å². The fourth-order valence-corrected chi connectivity index (χ4v) is 0.584. The molecule has 0 rings (SSSR count). The molecule has 11 heavy (non-hydrogen) atoms. The van der Waals surface area contributed by atoms with E-state index in [2.05, 4.69) is 6.92 Å². The summed E-state index contributed by atoms with van der Waals surface area (Å²) in [4.78, 5) is 0. The standard InChI is InChI=1S/C7H17NO3/c1-2-4-10-6-7-11-5-3-8-9/h8-9H,2-7H2,1H3. The molecule has 0 aliphatic rings. The van der Waals surface area contributed by atoms with Gasteiger partial charge in [-0.25, -0.2) is 5.48 Å². The van der Waals surface area contributed by atoms with Crippen LogP contribution in [0.3, 0.4) is 0 Å². The lowest BCUT2D eigenvalue weighted by molar-refractivity contribution is 0.0373. The Morgan fingerprint density at radius 3 is 2.27 bits per heavy atom. The summed E-state index contributed by atoms with van der Waals surface area (Å²) in [6.07, 6.45) is 1.04. The smallest absolute Gasteiger partial charge is 0.0701 e. The Morgan fingerprint density at radius 2 is 1.73 bits per heavy atom. The van der Waals surface area contributed by atoms with Gasteiger partial charge in [0.1, 0.15) is 0 Å². The van der Waals surface area contributed by atoms with Crippen LogP contribution in [0.15, 0.2) is 0 Å². The van der Waals surface area contributed by atoms with Gasteiger partial charge in [0.2, 0.25) is 0 Å². The molecule has 0 spiro atoms. The van der Waals surface area contributed by atoms with Crippen molar-refractivity contribution in [2.45, 2.75) is 13.3 Å². The largest absolute Gasteiger partial charge is 0.379 e. The highest BCUT2D eigenvalue weighted by atomic mass is 16.5. The van der Waals surface area contributed by atoms with E-state index in [1.165, 1.54) is 0 Å². The van der Waals surface area contributed by atoms with Gasteiger partial charge in [0.05, 0.1) is 19.8 Å². The molecule has 4 nitrogen and oxygen atoms in total. The first-order valence-electron chi connectivity index (χ1n) is 3.94. The van der Waals surface area contributed by atoms with Gasteiger partial charge in [-0.15, -0.1) is 0 Å². The maximum atomic E-state index is 8.15. The fourth-order valence-electron chi connectivity index (χ4n) is 0.584. The van der Waals surface area contributed by atoms with Gasteiger partial charge in [0.15, 0.2) is 0 Å². The molecule has 0 aliphatic carbocycles. The minimum Gasteiger partial charge on any atom is -0.379 e. The zero-order chi connectivity index (χ0) is 8.36. The van der Waals surface area contributed by atoms with E-state index in [0.717, 1.165) is 13.0 Å². The second-order valence-corrected chi connectivity index (χ2v) is 2.13. The first-order chi connectivity index (χ1) is 5.41. The number of ether oxygens (including phenoxy) is 2. The van der Waals surface area contributed by atoms with Crippen LogP contribution in [-0.2, 0) is 9.47 Å². The van der Waals surface area contributed by atoms with E-state index in [1.807, 2.05) is 5.48 Å². The predicted molar refractivity (Wildman–Crippen MR) is 41.7 cm³/mol. The second-order valence-electron chi connectivity index (χ2n) is 2.13. The summed E-state index contributed by atoms with van der Waals surface area (Å²) in [6.45, 7) is 5.08. The highest BCUT2D eigenvalue weighted by molar-refractivity contribution is 4.33. The highest BCUT2D eigenvalue weighted by Crippen LogP contribution is 1.80. The SMILES string of the molecule is CCCOCCOCCNO. The maximum absolute atomic E-state index is 8.15. The van der Waals surface area contributed by atoms with Crippen molar-refractivity contribution < 1.29 is 14.7 Å². The van der Waals surface area contributed by atoms with Crippen LogP contribution in [0, 0.1) is 0 Å². The number of nitrogens with one attached hydrogen (secondary N) is 1. The number of hydrogen-bond donors (Lipinski definition) is 2. The Balaban J connectivity index is 2.69. The second kappa shape index (κ2) is 9.84. The van der Waals surface area contributed by atoms with Crippen molar-refractivity contribution in [3.05, 3.63) is 0 Å². The van der Waals surface area contributed by atoms with Gasteiger partial charge in [-0.2, -0.15) is 0 Å². The topological polar surface area (TPSA) is 50.7 Å². The number of hydroxylamine groups is 1. The molecular weight excluding hydrogens is 146 g/mol. The van der Waals surface area contributed by atoms with Gasteiger partial charge < -0.3 is 14.7 Å². The zero-order valence-corrected chi connectivity index (χ0v) is 7.01. The van der Waals surface area contributed by atoms with Crippen LogP contribution in [0.5, 0.6) is 0 Å².